The maximum atomic E-state index is 13.9. The third-order valence-corrected chi connectivity index (χ3v) is 9.13. The number of carbonyl (C=O) groups excluding carboxylic acids is 1. The predicted molar refractivity (Wildman–Crippen MR) is 176 cm³/mol. The SMILES string of the molecule is CC[C@]1(N)C[C@@H](c2ncc(N3CCOCC3)cc2Cc2cc(C#N)cc(C(F)(F)F)c2)c2nc(OC)ccc2N1C(=O)OCC(C)(C)C(=O)O. The number of benzene rings is 1. The normalized spacial score (nSPS) is 19.4. The van der Waals surface area contributed by atoms with Gasteiger partial charge in [-0.05, 0) is 74.6 Å². The van der Waals surface area contributed by atoms with Crippen molar-refractivity contribution in [3.63, 3.8) is 0 Å². The fraction of sp³-hybridized carbons (Fsp3) is 0.457. The summed E-state index contributed by atoms with van der Waals surface area (Å²) < 4.78 is 58.1. The van der Waals surface area contributed by atoms with E-state index in [1.165, 1.54) is 31.9 Å². The average molecular weight is 697 g/mol. The Hall–Kier alpha value is -4.94. The Balaban J connectivity index is 1.65. The molecule has 3 aromatic rings. The van der Waals surface area contributed by atoms with Gasteiger partial charge >= 0.3 is 18.2 Å². The van der Waals surface area contributed by atoms with Gasteiger partial charge < -0.3 is 30.0 Å². The summed E-state index contributed by atoms with van der Waals surface area (Å²) in [6.45, 7) is 6.41. The minimum Gasteiger partial charge on any atom is -0.481 e. The first kappa shape index (κ1) is 36.3. The molecule has 1 aromatic carbocycles. The molecular formula is C35H39F3N6O6. The lowest BCUT2D eigenvalue weighted by Crippen LogP contribution is -2.62. The molecule has 12 nitrogen and oxygen atoms in total. The van der Waals surface area contributed by atoms with Crippen LogP contribution in [0.3, 0.4) is 0 Å². The Morgan fingerprint density at radius 3 is 2.50 bits per heavy atom. The number of aliphatic carboxylic acids is 1. The van der Waals surface area contributed by atoms with Crippen molar-refractivity contribution in [1.29, 1.82) is 5.26 Å². The number of nitrogens with zero attached hydrogens (tertiary/aromatic N) is 5. The van der Waals surface area contributed by atoms with Gasteiger partial charge in [-0.25, -0.2) is 9.78 Å². The van der Waals surface area contributed by atoms with Crippen molar-refractivity contribution in [2.75, 3.05) is 49.8 Å². The highest BCUT2D eigenvalue weighted by molar-refractivity contribution is 5.91. The maximum Gasteiger partial charge on any atom is 0.416 e. The van der Waals surface area contributed by atoms with E-state index >= 15 is 0 Å². The van der Waals surface area contributed by atoms with Crippen molar-refractivity contribution in [1.82, 2.24) is 9.97 Å². The van der Waals surface area contributed by atoms with Crippen LogP contribution in [0.2, 0.25) is 0 Å². The van der Waals surface area contributed by atoms with Gasteiger partial charge in [-0.2, -0.15) is 18.4 Å². The second kappa shape index (κ2) is 14.1. The Bertz CT molecular complexity index is 1810. The first-order valence-corrected chi connectivity index (χ1v) is 16.1. The second-order valence-corrected chi connectivity index (χ2v) is 13.1. The smallest absolute Gasteiger partial charge is 0.416 e. The quantitative estimate of drug-likeness (QED) is 0.292. The topological polar surface area (TPSA) is 164 Å². The zero-order chi connectivity index (χ0) is 36.4. The molecule has 266 valence electrons. The number of alkyl halides is 3. The molecule has 1 fully saturated rings. The number of pyridine rings is 2. The van der Waals surface area contributed by atoms with E-state index in [-0.39, 0.29) is 36.3 Å². The molecule has 50 heavy (non-hydrogen) atoms. The van der Waals surface area contributed by atoms with Crippen LogP contribution >= 0.6 is 0 Å². The van der Waals surface area contributed by atoms with Crippen LogP contribution in [0.15, 0.2) is 42.6 Å². The van der Waals surface area contributed by atoms with E-state index in [9.17, 15) is 33.1 Å². The summed E-state index contributed by atoms with van der Waals surface area (Å²) in [7, 11) is 1.44. The van der Waals surface area contributed by atoms with E-state index in [4.69, 9.17) is 29.9 Å². The van der Waals surface area contributed by atoms with E-state index in [1.54, 1.807) is 25.3 Å². The Labute approximate surface area is 287 Å². The molecule has 1 saturated heterocycles. The molecule has 0 bridgehead atoms. The number of carboxylic acid groups (broad SMARTS) is 1. The highest BCUT2D eigenvalue weighted by Gasteiger charge is 2.48. The van der Waals surface area contributed by atoms with E-state index in [1.807, 2.05) is 12.1 Å². The Morgan fingerprint density at radius 1 is 1.16 bits per heavy atom. The number of anilines is 2. The van der Waals surface area contributed by atoms with E-state index in [2.05, 4.69) is 4.90 Å². The lowest BCUT2D eigenvalue weighted by atomic mass is 9.80. The number of carbonyl (C=O) groups is 2. The second-order valence-electron chi connectivity index (χ2n) is 13.1. The highest BCUT2D eigenvalue weighted by atomic mass is 19.4. The summed E-state index contributed by atoms with van der Waals surface area (Å²) >= 11 is 0. The van der Waals surface area contributed by atoms with Crippen molar-refractivity contribution in [3.8, 4) is 11.9 Å². The molecule has 2 aliphatic rings. The molecule has 0 spiro atoms. The lowest BCUT2D eigenvalue weighted by molar-refractivity contribution is -0.149. The number of fused-ring (bicyclic) bond motifs is 1. The summed E-state index contributed by atoms with van der Waals surface area (Å²) in [5, 5.41) is 19.1. The molecule has 2 aromatic heterocycles. The highest BCUT2D eigenvalue weighted by Crippen LogP contribution is 2.47. The number of morpholine rings is 1. The molecule has 0 saturated carbocycles. The van der Waals surface area contributed by atoms with Gasteiger partial charge in [0, 0.05) is 25.1 Å². The Kier molecular flexibility index (Phi) is 10.3. The lowest BCUT2D eigenvalue weighted by Gasteiger charge is -2.46. The number of halogens is 3. The standard InChI is InChI=1S/C35H39F3N6O6/c1-5-34(40)17-26(30-27(6-7-28(42-30)48-4)44(34)32(47)50-20-33(2,3)31(45)46)29-23(16-25(19-41-29)43-8-10-49-11-9-43)13-21-12-22(18-39)15-24(14-21)35(36,37)38/h6-7,12,14-16,19,26H,5,8-11,13,17,20,40H2,1-4H3,(H,45,46)/t26-,34+/m0/s1. The summed E-state index contributed by atoms with van der Waals surface area (Å²) in [6, 6.07) is 10.1. The van der Waals surface area contributed by atoms with Crippen molar-refractivity contribution < 1.29 is 42.1 Å². The summed E-state index contributed by atoms with van der Waals surface area (Å²) in [6.07, 6.45) is -3.52. The van der Waals surface area contributed by atoms with Crippen LogP contribution in [0.1, 0.15) is 73.2 Å². The summed E-state index contributed by atoms with van der Waals surface area (Å²) in [4.78, 5) is 38.4. The minimum atomic E-state index is -4.67. The van der Waals surface area contributed by atoms with Crippen LogP contribution in [-0.4, -0.2) is 72.8 Å². The van der Waals surface area contributed by atoms with Gasteiger partial charge in [0.1, 0.15) is 12.3 Å². The number of hydrogen-bond donors (Lipinski definition) is 2. The first-order valence-electron chi connectivity index (χ1n) is 16.1. The third-order valence-electron chi connectivity index (χ3n) is 9.13. The average Bonchev–Trinajstić information content (AvgIpc) is 3.10. The van der Waals surface area contributed by atoms with Crippen LogP contribution in [0.4, 0.5) is 29.3 Å². The minimum absolute atomic E-state index is 0.00532. The number of hydrogen-bond acceptors (Lipinski definition) is 10. The molecular weight excluding hydrogens is 657 g/mol. The molecule has 5 rings (SSSR count). The fourth-order valence-electron chi connectivity index (χ4n) is 6.17. The molecule has 15 heteroatoms. The largest absolute Gasteiger partial charge is 0.481 e. The van der Waals surface area contributed by atoms with Crippen molar-refractivity contribution in [2.24, 2.45) is 11.1 Å². The van der Waals surface area contributed by atoms with Crippen LogP contribution < -0.4 is 20.3 Å². The zero-order valence-electron chi connectivity index (χ0n) is 28.2. The molecule has 3 N–H and O–H groups in total. The zero-order valence-corrected chi connectivity index (χ0v) is 28.2. The number of aromatic nitrogens is 2. The molecule has 2 aliphatic heterocycles. The van der Waals surface area contributed by atoms with Crippen molar-refractivity contribution in [2.45, 2.75) is 57.8 Å². The number of rotatable bonds is 9. The molecule has 4 heterocycles. The van der Waals surface area contributed by atoms with Gasteiger partial charge in [-0.15, -0.1) is 0 Å². The predicted octanol–water partition coefficient (Wildman–Crippen LogP) is 5.46. The number of ether oxygens (including phenoxy) is 3. The molecule has 0 unspecified atom stereocenters. The van der Waals surface area contributed by atoms with E-state index < -0.39 is 47.4 Å². The first-order chi connectivity index (χ1) is 23.6. The van der Waals surface area contributed by atoms with E-state index in [0.29, 0.717) is 48.9 Å². The summed E-state index contributed by atoms with van der Waals surface area (Å²) in [5.41, 5.74) is 5.92. The van der Waals surface area contributed by atoms with Crippen LogP contribution in [0.25, 0.3) is 0 Å². The van der Waals surface area contributed by atoms with Crippen LogP contribution in [0.5, 0.6) is 5.88 Å². The number of amides is 1. The van der Waals surface area contributed by atoms with Gasteiger partial charge in [0.25, 0.3) is 0 Å². The van der Waals surface area contributed by atoms with Crippen molar-refractivity contribution in [3.05, 3.63) is 76.2 Å². The maximum absolute atomic E-state index is 13.9. The molecule has 0 radical (unpaired) electrons. The molecule has 2 atom stereocenters. The van der Waals surface area contributed by atoms with Gasteiger partial charge in [-0.3, -0.25) is 14.7 Å². The number of nitrogens with two attached hydrogens (primary N) is 1. The number of nitriles is 1. The monoisotopic (exact) mass is 696 g/mol. The van der Waals surface area contributed by atoms with Gasteiger partial charge in [0.05, 0.1) is 71.9 Å². The molecule has 1 amide bonds. The van der Waals surface area contributed by atoms with Gasteiger partial charge in [0.15, 0.2) is 0 Å². The van der Waals surface area contributed by atoms with Gasteiger partial charge in [0.2, 0.25) is 5.88 Å². The van der Waals surface area contributed by atoms with Gasteiger partial charge in [-0.1, -0.05) is 6.92 Å². The van der Waals surface area contributed by atoms with E-state index in [0.717, 1.165) is 17.8 Å². The van der Waals surface area contributed by atoms with Crippen molar-refractivity contribution >= 4 is 23.4 Å². The number of methoxy groups -OCH3 is 1. The van der Waals surface area contributed by atoms with Crippen LogP contribution in [0, 0.1) is 16.7 Å². The Morgan fingerprint density at radius 2 is 1.88 bits per heavy atom. The molecule has 0 aliphatic carbocycles. The summed E-state index contributed by atoms with van der Waals surface area (Å²) in [5.74, 6) is -1.58. The fourth-order valence-corrected chi connectivity index (χ4v) is 6.17. The third kappa shape index (κ3) is 7.46. The number of carboxylic acids is 1. The van der Waals surface area contributed by atoms with Crippen LogP contribution in [-0.2, 0) is 26.9 Å².